The summed E-state index contributed by atoms with van der Waals surface area (Å²) in [4.78, 5) is 0. The number of nitrogens with one attached hydrogen (secondary N) is 1. The molecule has 1 aliphatic rings. The highest BCUT2D eigenvalue weighted by molar-refractivity contribution is 14.1. The second-order valence-corrected chi connectivity index (χ2v) is 6.55. The van der Waals surface area contributed by atoms with Crippen LogP contribution in [-0.4, -0.2) is 12.7 Å². The van der Waals surface area contributed by atoms with Gasteiger partial charge in [0.25, 0.3) is 0 Å². The fourth-order valence-electron chi connectivity index (χ4n) is 2.53. The number of hydrazine groups is 1. The van der Waals surface area contributed by atoms with Gasteiger partial charge in [0.1, 0.15) is 0 Å². The maximum absolute atomic E-state index is 6.06. The van der Waals surface area contributed by atoms with E-state index in [-0.39, 0.29) is 6.04 Å². The normalized spacial score (nSPS) is 20.7. The number of halogens is 2. The number of rotatable bonds is 6. The van der Waals surface area contributed by atoms with Crippen molar-refractivity contribution in [3.8, 4) is 0 Å². The molecule has 0 aromatic heterocycles. The van der Waals surface area contributed by atoms with Gasteiger partial charge in [-0.1, -0.05) is 11.6 Å². The lowest BCUT2D eigenvalue weighted by molar-refractivity contribution is 0.101. The van der Waals surface area contributed by atoms with Gasteiger partial charge in [0.2, 0.25) is 0 Å². The van der Waals surface area contributed by atoms with Gasteiger partial charge >= 0.3 is 0 Å². The summed E-state index contributed by atoms with van der Waals surface area (Å²) >= 11 is 8.39. The van der Waals surface area contributed by atoms with Crippen molar-refractivity contribution in [3.63, 3.8) is 0 Å². The number of nitrogens with two attached hydrogens (primary N) is 1. The summed E-state index contributed by atoms with van der Waals surface area (Å²) in [5, 5.41) is 0.759. The largest absolute Gasteiger partial charge is 0.378 e. The zero-order valence-corrected chi connectivity index (χ0v) is 13.8. The molecule has 0 spiro atoms. The fourth-order valence-corrected chi connectivity index (χ4v) is 3.42. The van der Waals surface area contributed by atoms with Crippen molar-refractivity contribution in [1.29, 1.82) is 0 Å². The molecule has 19 heavy (non-hydrogen) atoms. The van der Waals surface area contributed by atoms with Crippen LogP contribution in [0.5, 0.6) is 0 Å². The van der Waals surface area contributed by atoms with E-state index in [1.165, 1.54) is 22.0 Å². The van der Waals surface area contributed by atoms with Gasteiger partial charge < -0.3 is 4.74 Å². The molecule has 2 unspecified atom stereocenters. The Hall–Kier alpha value is 0.120. The first-order chi connectivity index (χ1) is 9.20. The van der Waals surface area contributed by atoms with Gasteiger partial charge in [-0.25, -0.2) is 0 Å². The lowest BCUT2D eigenvalue weighted by atomic mass is 10.00. The average molecular weight is 395 g/mol. The molecule has 0 saturated carbocycles. The Bertz CT molecular complexity index is 410. The number of hydrogen-bond donors (Lipinski definition) is 2. The van der Waals surface area contributed by atoms with E-state index in [1.807, 2.05) is 18.2 Å². The summed E-state index contributed by atoms with van der Waals surface area (Å²) in [6, 6.07) is 6.10. The molecule has 2 rings (SSSR count). The third kappa shape index (κ3) is 4.56. The van der Waals surface area contributed by atoms with Gasteiger partial charge in [-0.05, 0) is 78.5 Å². The Morgan fingerprint density at radius 2 is 2.37 bits per heavy atom. The van der Waals surface area contributed by atoms with Gasteiger partial charge in [-0.3, -0.25) is 11.3 Å². The molecule has 0 radical (unpaired) electrons. The lowest BCUT2D eigenvalue weighted by Crippen LogP contribution is -2.28. The van der Waals surface area contributed by atoms with Crippen LogP contribution < -0.4 is 11.3 Å². The number of ether oxygens (including phenoxy) is 1. The summed E-state index contributed by atoms with van der Waals surface area (Å²) in [6.07, 6.45) is 6.10. The molecule has 1 heterocycles. The molecule has 3 nitrogen and oxygen atoms in total. The topological polar surface area (TPSA) is 47.3 Å². The van der Waals surface area contributed by atoms with Crippen LogP contribution in [-0.2, 0) is 4.74 Å². The first kappa shape index (κ1) is 15.5. The monoisotopic (exact) mass is 394 g/mol. The lowest BCUT2D eigenvalue weighted by Gasteiger charge is -2.19. The summed E-state index contributed by atoms with van der Waals surface area (Å²) in [5.74, 6) is 5.69. The van der Waals surface area contributed by atoms with Gasteiger partial charge in [-0.2, -0.15) is 0 Å². The molecule has 1 saturated heterocycles. The van der Waals surface area contributed by atoms with Crippen molar-refractivity contribution < 1.29 is 4.74 Å². The summed E-state index contributed by atoms with van der Waals surface area (Å²) < 4.78 is 6.84. The molecule has 5 heteroatoms. The van der Waals surface area contributed by atoms with E-state index in [9.17, 15) is 0 Å². The second kappa shape index (κ2) is 7.78. The maximum Gasteiger partial charge on any atom is 0.0576 e. The molecule has 106 valence electrons. The van der Waals surface area contributed by atoms with E-state index in [0.717, 1.165) is 30.9 Å². The number of benzene rings is 1. The van der Waals surface area contributed by atoms with Crippen LogP contribution in [0, 0.1) is 3.57 Å². The van der Waals surface area contributed by atoms with Crippen LogP contribution in [0.1, 0.15) is 43.7 Å². The molecule has 0 amide bonds. The second-order valence-electron chi connectivity index (χ2n) is 4.95. The fraction of sp³-hybridized carbons (Fsp3) is 0.571. The molecule has 0 aliphatic carbocycles. The SMILES string of the molecule is NNC(CCCC1CCCO1)c1cc(Cl)ccc1I. The first-order valence-electron chi connectivity index (χ1n) is 6.73. The molecule has 0 bridgehead atoms. The van der Waals surface area contributed by atoms with E-state index in [4.69, 9.17) is 22.2 Å². The van der Waals surface area contributed by atoms with Crippen molar-refractivity contribution in [1.82, 2.24) is 5.43 Å². The van der Waals surface area contributed by atoms with E-state index in [2.05, 4.69) is 28.0 Å². The maximum atomic E-state index is 6.06. The summed E-state index contributed by atoms with van der Waals surface area (Å²) in [5.41, 5.74) is 4.09. The molecule has 2 atom stereocenters. The predicted octanol–water partition coefficient (Wildman–Crippen LogP) is 3.80. The molecular formula is C14H20ClIN2O. The molecule has 1 fully saturated rings. The Morgan fingerprint density at radius 1 is 1.53 bits per heavy atom. The molecular weight excluding hydrogens is 375 g/mol. The predicted molar refractivity (Wildman–Crippen MR) is 87.1 cm³/mol. The average Bonchev–Trinajstić information content (AvgIpc) is 2.91. The van der Waals surface area contributed by atoms with Crippen molar-refractivity contribution in [3.05, 3.63) is 32.4 Å². The van der Waals surface area contributed by atoms with Crippen molar-refractivity contribution in [2.75, 3.05) is 6.61 Å². The Labute approximate surface area is 133 Å². The molecule has 1 aromatic rings. The summed E-state index contributed by atoms with van der Waals surface area (Å²) in [7, 11) is 0. The van der Waals surface area contributed by atoms with E-state index in [1.54, 1.807) is 0 Å². The number of hydrogen-bond acceptors (Lipinski definition) is 3. The van der Waals surface area contributed by atoms with Crippen LogP contribution in [0.3, 0.4) is 0 Å². The molecule has 3 N–H and O–H groups in total. The van der Waals surface area contributed by atoms with Crippen LogP contribution >= 0.6 is 34.2 Å². The quantitative estimate of drug-likeness (QED) is 0.438. The van der Waals surface area contributed by atoms with Gasteiger partial charge in [-0.15, -0.1) is 0 Å². The summed E-state index contributed by atoms with van der Waals surface area (Å²) in [6.45, 7) is 0.926. The minimum absolute atomic E-state index is 0.159. The van der Waals surface area contributed by atoms with Crippen LogP contribution in [0.15, 0.2) is 18.2 Å². The van der Waals surface area contributed by atoms with Gasteiger partial charge in [0.15, 0.2) is 0 Å². The third-order valence-corrected chi connectivity index (χ3v) is 4.80. The van der Waals surface area contributed by atoms with Gasteiger partial charge in [0.05, 0.1) is 6.10 Å². The van der Waals surface area contributed by atoms with E-state index < -0.39 is 0 Å². The Kier molecular flexibility index (Phi) is 6.35. The minimum Gasteiger partial charge on any atom is -0.378 e. The van der Waals surface area contributed by atoms with Crippen LogP contribution in [0.4, 0.5) is 0 Å². The van der Waals surface area contributed by atoms with E-state index in [0.29, 0.717) is 6.10 Å². The molecule has 1 aromatic carbocycles. The highest BCUT2D eigenvalue weighted by Crippen LogP contribution is 2.28. The zero-order valence-electron chi connectivity index (χ0n) is 10.9. The third-order valence-electron chi connectivity index (χ3n) is 3.58. The standard InChI is InChI=1S/C14H20ClIN2O/c15-10-6-7-13(16)12(9-10)14(18-17)5-1-3-11-4-2-8-19-11/h6-7,9,11,14,18H,1-5,8,17H2. The van der Waals surface area contributed by atoms with Crippen LogP contribution in [0.2, 0.25) is 5.02 Å². The van der Waals surface area contributed by atoms with Crippen molar-refractivity contribution in [2.24, 2.45) is 5.84 Å². The van der Waals surface area contributed by atoms with Crippen molar-refractivity contribution in [2.45, 2.75) is 44.2 Å². The first-order valence-corrected chi connectivity index (χ1v) is 8.19. The van der Waals surface area contributed by atoms with E-state index >= 15 is 0 Å². The minimum atomic E-state index is 0.159. The van der Waals surface area contributed by atoms with Gasteiger partial charge in [0, 0.05) is 21.2 Å². The highest BCUT2D eigenvalue weighted by atomic mass is 127. The van der Waals surface area contributed by atoms with Crippen LogP contribution in [0.25, 0.3) is 0 Å². The Balaban J connectivity index is 1.89. The highest BCUT2D eigenvalue weighted by Gasteiger charge is 2.17. The zero-order chi connectivity index (χ0) is 13.7. The smallest absolute Gasteiger partial charge is 0.0576 e. The molecule has 1 aliphatic heterocycles. The Morgan fingerprint density at radius 3 is 3.05 bits per heavy atom. The van der Waals surface area contributed by atoms with Crippen molar-refractivity contribution >= 4 is 34.2 Å².